The summed E-state index contributed by atoms with van der Waals surface area (Å²) in [5, 5.41) is 19.6. The predicted molar refractivity (Wildman–Crippen MR) is 96.0 cm³/mol. The van der Waals surface area contributed by atoms with Crippen molar-refractivity contribution < 1.29 is 4.79 Å². The Hall–Kier alpha value is -2.80. The standard InChI is InChI=1S/C18H20N6O/c1-24-11-14(10-20-24)12-5-6-15-13(8-12)9-17(23-22-15)21-18(25)16-4-2-3-7-19-16/h5-6,8-11,16,19H,2-4,7H2,1H3,(H,21,23,25)/t16-/m0/s1. The molecule has 1 saturated heterocycles. The minimum Gasteiger partial charge on any atom is -0.308 e. The van der Waals surface area contributed by atoms with E-state index in [-0.39, 0.29) is 11.9 Å². The molecule has 1 aromatic carbocycles. The zero-order valence-corrected chi connectivity index (χ0v) is 14.1. The third-order valence-corrected chi connectivity index (χ3v) is 4.50. The third kappa shape index (κ3) is 3.36. The molecule has 0 spiro atoms. The van der Waals surface area contributed by atoms with Crippen LogP contribution in [0.25, 0.3) is 22.0 Å². The Labute approximate surface area is 145 Å². The maximum absolute atomic E-state index is 12.3. The van der Waals surface area contributed by atoms with Crippen LogP contribution in [0.15, 0.2) is 36.7 Å². The fourth-order valence-electron chi connectivity index (χ4n) is 3.14. The van der Waals surface area contributed by atoms with Crippen LogP contribution in [-0.4, -0.2) is 38.5 Å². The first kappa shape index (κ1) is 15.7. The molecule has 1 amide bonds. The molecule has 1 aliphatic rings. The van der Waals surface area contributed by atoms with E-state index in [1.165, 1.54) is 0 Å². The van der Waals surface area contributed by atoms with Crippen LogP contribution in [0.4, 0.5) is 5.82 Å². The van der Waals surface area contributed by atoms with Crippen molar-refractivity contribution in [1.82, 2.24) is 25.3 Å². The Morgan fingerprint density at radius 2 is 2.16 bits per heavy atom. The maximum Gasteiger partial charge on any atom is 0.242 e. The average molecular weight is 336 g/mol. The van der Waals surface area contributed by atoms with Crippen LogP contribution in [0.2, 0.25) is 0 Å². The molecule has 2 N–H and O–H groups in total. The Kier molecular flexibility index (Phi) is 4.15. The van der Waals surface area contributed by atoms with E-state index in [0.29, 0.717) is 5.82 Å². The Balaban J connectivity index is 1.59. The fourth-order valence-corrected chi connectivity index (χ4v) is 3.14. The highest BCUT2D eigenvalue weighted by Crippen LogP contribution is 2.24. The molecule has 2 aromatic heterocycles. The second-order valence-electron chi connectivity index (χ2n) is 6.40. The van der Waals surface area contributed by atoms with E-state index in [9.17, 15) is 4.79 Å². The van der Waals surface area contributed by atoms with E-state index >= 15 is 0 Å². The smallest absolute Gasteiger partial charge is 0.242 e. The van der Waals surface area contributed by atoms with E-state index in [2.05, 4.69) is 25.9 Å². The number of fused-ring (bicyclic) bond motifs is 1. The van der Waals surface area contributed by atoms with Crippen molar-refractivity contribution in [3.63, 3.8) is 0 Å². The summed E-state index contributed by atoms with van der Waals surface area (Å²) in [6.07, 6.45) is 6.85. The van der Waals surface area contributed by atoms with E-state index in [4.69, 9.17) is 0 Å². The van der Waals surface area contributed by atoms with Crippen LogP contribution in [0.5, 0.6) is 0 Å². The molecule has 1 aliphatic heterocycles. The molecule has 0 radical (unpaired) electrons. The quantitative estimate of drug-likeness (QED) is 0.765. The Bertz CT molecular complexity index is 913. The van der Waals surface area contributed by atoms with E-state index in [1.54, 1.807) is 4.68 Å². The molecule has 128 valence electrons. The van der Waals surface area contributed by atoms with Crippen molar-refractivity contribution in [1.29, 1.82) is 0 Å². The molecule has 4 rings (SSSR count). The molecule has 25 heavy (non-hydrogen) atoms. The van der Waals surface area contributed by atoms with Gasteiger partial charge in [0.15, 0.2) is 5.82 Å². The number of amides is 1. The highest BCUT2D eigenvalue weighted by atomic mass is 16.2. The summed E-state index contributed by atoms with van der Waals surface area (Å²) in [5.41, 5.74) is 2.89. The molecule has 0 aliphatic carbocycles. The third-order valence-electron chi connectivity index (χ3n) is 4.50. The number of rotatable bonds is 3. The molecule has 1 atom stereocenters. The summed E-state index contributed by atoms with van der Waals surface area (Å²) >= 11 is 0. The lowest BCUT2D eigenvalue weighted by Gasteiger charge is -2.22. The Morgan fingerprint density at radius 3 is 2.92 bits per heavy atom. The minimum absolute atomic E-state index is 0.0447. The minimum atomic E-state index is -0.145. The van der Waals surface area contributed by atoms with Crippen LogP contribution in [0, 0.1) is 0 Å². The number of carbonyl (C=O) groups excluding carboxylic acids is 1. The topological polar surface area (TPSA) is 84.7 Å². The molecule has 1 fully saturated rings. The highest BCUT2D eigenvalue weighted by Gasteiger charge is 2.20. The van der Waals surface area contributed by atoms with Gasteiger partial charge in [-0.3, -0.25) is 9.48 Å². The van der Waals surface area contributed by atoms with Gasteiger partial charge in [-0.05, 0) is 43.1 Å². The van der Waals surface area contributed by atoms with Crippen LogP contribution < -0.4 is 10.6 Å². The summed E-state index contributed by atoms with van der Waals surface area (Å²) in [6.45, 7) is 0.885. The second-order valence-corrected chi connectivity index (χ2v) is 6.40. The van der Waals surface area contributed by atoms with Crippen molar-refractivity contribution in [2.24, 2.45) is 7.05 Å². The van der Waals surface area contributed by atoms with Crippen LogP contribution in [0.3, 0.4) is 0 Å². The molecular formula is C18H20N6O. The van der Waals surface area contributed by atoms with Gasteiger partial charge in [-0.25, -0.2) is 0 Å². The van der Waals surface area contributed by atoms with Crippen LogP contribution in [0.1, 0.15) is 19.3 Å². The summed E-state index contributed by atoms with van der Waals surface area (Å²) < 4.78 is 1.77. The lowest BCUT2D eigenvalue weighted by molar-refractivity contribution is -0.118. The fraction of sp³-hybridized carbons (Fsp3) is 0.333. The number of hydrogen-bond donors (Lipinski definition) is 2. The zero-order chi connectivity index (χ0) is 17.2. The summed E-state index contributed by atoms with van der Waals surface area (Å²) in [6, 6.07) is 7.68. The van der Waals surface area contributed by atoms with Crippen molar-refractivity contribution >= 4 is 22.6 Å². The SMILES string of the molecule is Cn1cc(-c2ccc3nnc(NC(=O)[C@@H]4CCCCN4)cc3c2)cn1. The summed E-state index contributed by atoms with van der Waals surface area (Å²) in [5.74, 6) is 0.435. The van der Waals surface area contributed by atoms with E-state index < -0.39 is 0 Å². The number of nitrogens with zero attached hydrogens (tertiary/aromatic N) is 4. The lowest BCUT2D eigenvalue weighted by atomic mass is 10.0. The summed E-state index contributed by atoms with van der Waals surface area (Å²) in [4.78, 5) is 12.3. The van der Waals surface area contributed by atoms with Gasteiger partial charge in [-0.2, -0.15) is 5.10 Å². The number of aromatic nitrogens is 4. The number of anilines is 1. The van der Waals surface area contributed by atoms with Crippen LogP contribution >= 0.6 is 0 Å². The molecule has 3 aromatic rings. The summed E-state index contributed by atoms with van der Waals surface area (Å²) in [7, 11) is 1.89. The van der Waals surface area contributed by atoms with Gasteiger partial charge in [0, 0.05) is 24.2 Å². The van der Waals surface area contributed by atoms with Gasteiger partial charge in [-0.1, -0.05) is 12.5 Å². The van der Waals surface area contributed by atoms with E-state index in [0.717, 1.165) is 47.8 Å². The van der Waals surface area contributed by atoms with Crippen LogP contribution in [-0.2, 0) is 11.8 Å². The van der Waals surface area contributed by atoms with Gasteiger partial charge in [-0.15, -0.1) is 10.2 Å². The molecule has 0 bridgehead atoms. The first-order valence-corrected chi connectivity index (χ1v) is 8.50. The van der Waals surface area contributed by atoms with E-state index in [1.807, 2.05) is 43.7 Å². The van der Waals surface area contributed by atoms with Gasteiger partial charge in [0.1, 0.15) is 0 Å². The predicted octanol–water partition coefficient (Wildman–Crippen LogP) is 2.11. The van der Waals surface area contributed by atoms with Gasteiger partial charge in [0.25, 0.3) is 0 Å². The molecule has 0 saturated carbocycles. The first-order chi connectivity index (χ1) is 12.2. The first-order valence-electron chi connectivity index (χ1n) is 8.50. The maximum atomic E-state index is 12.3. The normalized spacial score (nSPS) is 17.6. The number of hydrogen-bond acceptors (Lipinski definition) is 5. The van der Waals surface area contributed by atoms with Gasteiger partial charge in [0.2, 0.25) is 5.91 Å². The number of piperidine rings is 1. The highest BCUT2D eigenvalue weighted by molar-refractivity contribution is 5.95. The monoisotopic (exact) mass is 336 g/mol. The van der Waals surface area contributed by atoms with Gasteiger partial charge >= 0.3 is 0 Å². The number of benzene rings is 1. The molecule has 7 nitrogen and oxygen atoms in total. The average Bonchev–Trinajstić information content (AvgIpc) is 3.08. The lowest BCUT2D eigenvalue weighted by Crippen LogP contribution is -2.43. The number of carbonyl (C=O) groups is 1. The van der Waals surface area contributed by atoms with Crippen molar-refractivity contribution in [2.45, 2.75) is 25.3 Å². The molecular weight excluding hydrogens is 316 g/mol. The number of nitrogens with one attached hydrogen (secondary N) is 2. The molecule has 3 heterocycles. The van der Waals surface area contributed by atoms with Crippen molar-refractivity contribution in [2.75, 3.05) is 11.9 Å². The van der Waals surface area contributed by atoms with Crippen molar-refractivity contribution in [3.05, 3.63) is 36.7 Å². The largest absolute Gasteiger partial charge is 0.308 e. The molecule has 0 unspecified atom stereocenters. The Morgan fingerprint density at radius 1 is 1.24 bits per heavy atom. The van der Waals surface area contributed by atoms with Gasteiger partial charge < -0.3 is 10.6 Å². The molecule has 7 heteroatoms. The zero-order valence-electron chi connectivity index (χ0n) is 14.1. The van der Waals surface area contributed by atoms with Crippen molar-refractivity contribution in [3.8, 4) is 11.1 Å². The second kappa shape index (κ2) is 6.60. The van der Waals surface area contributed by atoms with Gasteiger partial charge in [0.05, 0.1) is 17.8 Å². The number of aryl methyl sites for hydroxylation is 1.